The van der Waals surface area contributed by atoms with E-state index in [-0.39, 0.29) is 11.9 Å². The fourth-order valence-corrected chi connectivity index (χ4v) is 5.58. The number of amides is 1. The van der Waals surface area contributed by atoms with Crippen LogP contribution in [0.1, 0.15) is 28.0 Å². The molecule has 0 spiro atoms. The summed E-state index contributed by atoms with van der Waals surface area (Å²) in [6.45, 7) is 5.19. The van der Waals surface area contributed by atoms with E-state index in [1.165, 1.54) is 4.88 Å². The highest BCUT2D eigenvalue weighted by molar-refractivity contribution is 7.10. The first-order valence-corrected chi connectivity index (χ1v) is 12.0. The molecular formula is C22H24N4O2S2. The summed E-state index contributed by atoms with van der Waals surface area (Å²) < 4.78 is 5.54. The topological polar surface area (TPSA) is 52.3 Å². The minimum atomic E-state index is -0.0438. The van der Waals surface area contributed by atoms with Crippen molar-refractivity contribution in [2.75, 3.05) is 32.7 Å². The highest BCUT2D eigenvalue weighted by Gasteiger charge is 2.35. The van der Waals surface area contributed by atoms with Gasteiger partial charge in [0.25, 0.3) is 5.91 Å². The Morgan fingerprint density at radius 1 is 1.03 bits per heavy atom. The Hall–Kier alpha value is -2.26. The molecule has 2 aliphatic rings. The van der Waals surface area contributed by atoms with Gasteiger partial charge in [0.15, 0.2) is 0 Å². The van der Waals surface area contributed by atoms with Gasteiger partial charge < -0.3 is 4.42 Å². The van der Waals surface area contributed by atoms with Crippen LogP contribution < -0.4 is 0 Å². The van der Waals surface area contributed by atoms with E-state index in [2.05, 4.69) is 43.9 Å². The van der Waals surface area contributed by atoms with Crippen LogP contribution in [-0.2, 0) is 11.3 Å². The van der Waals surface area contributed by atoms with Crippen molar-refractivity contribution >= 4 is 34.3 Å². The van der Waals surface area contributed by atoms with E-state index in [1.807, 2.05) is 18.2 Å². The first-order valence-electron chi connectivity index (χ1n) is 10.2. The van der Waals surface area contributed by atoms with E-state index in [9.17, 15) is 4.79 Å². The van der Waals surface area contributed by atoms with Crippen LogP contribution in [0.2, 0.25) is 0 Å². The zero-order chi connectivity index (χ0) is 20.3. The summed E-state index contributed by atoms with van der Waals surface area (Å²) in [7, 11) is 0. The Morgan fingerprint density at radius 3 is 2.53 bits per heavy atom. The summed E-state index contributed by atoms with van der Waals surface area (Å²) in [6, 6.07) is 12.1. The molecule has 156 valence electrons. The fourth-order valence-electron chi connectivity index (χ4n) is 4.03. The van der Waals surface area contributed by atoms with Crippen LogP contribution in [0.15, 0.2) is 62.9 Å². The number of piperazine rings is 1. The van der Waals surface area contributed by atoms with Crippen molar-refractivity contribution in [1.29, 1.82) is 0 Å². The second-order valence-electron chi connectivity index (χ2n) is 7.63. The molecule has 0 N–H and O–H groups in total. The summed E-state index contributed by atoms with van der Waals surface area (Å²) in [4.78, 5) is 20.5. The van der Waals surface area contributed by atoms with E-state index in [0.717, 1.165) is 49.1 Å². The standard InChI is InChI=1S/C22H24N4O2S2/c27-22(16-25-9-7-24(8-10-25)15-17-4-2-12-29-17)26-19(21-6-3-13-30-21)14-18(23-26)20-5-1-11-28-20/h1-6,11-13,19H,7-10,14-16H2. The van der Waals surface area contributed by atoms with Gasteiger partial charge in [0.05, 0.1) is 18.8 Å². The second-order valence-corrected chi connectivity index (χ2v) is 9.64. The Balaban J connectivity index is 1.23. The first-order chi connectivity index (χ1) is 14.8. The Labute approximate surface area is 184 Å². The minimum Gasteiger partial charge on any atom is -0.463 e. The summed E-state index contributed by atoms with van der Waals surface area (Å²) in [5.41, 5.74) is 0.840. The van der Waals surface area contributed by atoms with E-state index in [0.29, 0.717) is 13.0 Å². The quantitative estimate of drug-likeness (QED) is 0.583. The van der Waals surface area contributed by atoms with E-state index in [4.69, 9.17) is 4.42 Å². The Morgan fingerprint density at radius 2 is 1.83 bits per heavy atom. The van der Waals surface area contributed by atoms with Crippen LogP contribution in [0.5, 0.6) is 0 Å². The maximum Gasteiger partial charge on any atom is 0.257 e. The number of hydrogen-bond donors (Lipinski definition) is 0. The van der Waals surface area contributed by atoms with Gasteiger partial charge in [0.2, 0.25) is 0 Å². The number of furan rings is 1. The van der Waals surface area contributed by atoms with Crippen molar-refractivity contribution < 1.29 is 9.21 Å². The van der Waals surface area contributed by atoms with Gasteiger partial charge in [-0.05, 0) is 35.0 Å². The van der Waals surface area contributed by atoms with Gasteiger partial charge in [-0.3, -0.25) is 14.6 Å². The molecule has 0 saturated carbocycles. The lowest BCUT2D eigenvalue weighted by Crippen LogP contribution is -2.49. The van der Waals surface area contributed by atoms with Crippen LogP contribution in [0.25, 0.3) is 0 Å². The van der Waals surface area contributed by atoms with Crippen molar-refractivity contribution in [3.05, 3.63) is 68.9 Å². The molecule has 0 bridgehead atoms. The van der Waals surface area contributed by atoms with Crippen molar-refractivity contribution in [2.45, 2.75) is 19.0 Å². The number of carbonyl (C=O) groups excluding carboxylic acids is 1. The molecular weight excluding hydrogens is 416 g/mol. The number of rotatable bonds is 6. The van der Waals surface area contributed by atoms with Crippen molar-refractivity contribution in [3.8, 4) is 0 Å². The minimum absolute atomic E-state index is 0.0438. The molecule has 1 fully saturated rings. The smallest absolute Gasteiger partial charge is 0.257 e. The van der Waals surface area contributed by atoms with Crippen molar-refractivity contribution in [2.24, 2.45) is 5.10 Å². The molecule has 8 heteroatoms. The molecule has 3 aromatic heterocycles. The summed E-state index contributed by atoms with van der Waals surface area (Å²) in [6.07, 6.45) is 2.34. The van der Waals surface area contributed by atoms with Crippen molar-refractivity contribution in [3.63, 3.8) is 0 Å². The monoisotopic (exact) mass is 440 g/mol. The van der Waals surface area contributed by atoms with Crippen LogP contribution in [-0.4, -0.2) is 59.2 Å². The third-order valence-electron chi connectivity index (χ3n) is 5.63. The lowest BCUT2D eigenvalue weighted by molar-refractivity contribution is -0.134. The molecule has 30 heavy (non-hydrogen) atoms. The number of nitrogens with zero attached hydrogens (tertiary/aromatic N) is 4. The SMILES string of the molecule is O=C(CN1CCN(Cc2cccs2)CC1)N1N=C(c2ccco2)CC1c1cccs1. The zero-order valence-electron chi connectivity index (χ0n) is 16.6. The van der Waals surface area contributed by atoms with Gasteiger partial charge in [-0.25, -0.2) is 5.01 Å². The zero-order valence-corrected chi connectivity index (χ0v) is 18.3. The predicted molar refractivity (Wildman–Crippen MR) is 120 cm³/mol. The number of thiophene rings is 2. The van der Waals surface area contributed by atoms with Crippen LogP contribution in [0.4, 0.5) is 0 Å². The molecule has 3 aromatic rings. The summed E-state index contributed by atoms with van der Waals surface area (Å²) in [5, 5.41) is 10.5. The van der Waals surface area contributed by atoms with Gasteiger partial charge in [0.1, 0.15) is 11.5 Å². The van der Waals surface area contributed by atoms with Gasteiger partial charge in [-0.2, -0.15) is 5.10 Å². The van der Waals surface area contributed by atoms with Gasteiger partial charge in [-0.1, -0.05) is 12.1 Å². The van der Waals surface area contributed by atoms with Crippen LogP contribution in [0, 0.1) is 0 Å². The van der Waals surface area contributed by atoms with Gasteiger partial charge >= 0.3 is 0 Å². The maximum absolute atomic E-state index is 13.2. The second kappa shape index (κ2) is 8.85. The molecule has 0 aliphatic carbocycles. The Bertz CT molecular complexity index is 975. The first kappa shape index (κ1) is 19.7. The number of carbonyl (C=O) groups is 1. The fraction of sp³-hybridized carbons (Fsp3) is 0.364. The highest BCUT2D eigenvalue weighted by Crippen LogP contribution is 2.35. The van der Waals surface area contributed by atoms with Gasteiger partial charge in [-0.15, -0.1) is 22.7 Å². The maximum atomic E-state index is 13.2. The van der Waals surface area contributed by atoms with E-state index >= 15 is 0 Å². The van der Waals surface area contributed by atoms with Crippen molar-refractivity contribution in [1.82, 2.24) is 14.8 Å². The average molecular weight is 441 g/mol. The largest absolute Gasteiger partial charge is 0.463 e. The number of hydrogen-bond acceptors (Lipinski definition) is 7. The summed E-state index contributed by atoms with van der Waals surface area (Å²) >= 11 is 3.48. The Kier molecular flexibility index (Phi) is 5.81. The summed E-state index contributed by atoms with van der Waals surface area (Å²) in [5.74, 6) is 0.802. The molecule has 5 rings (SSSR count). The predicted octanol–water partition coefficient (Wildman–Crippen LogP) is 3.90. The van der Waals surface area contributed by atoms with Crippen LogP contribution in [0.3, 0.4) is 0 Å². The molecule has 1 unspecified atom stereocenters. The van der Waals surface area contributed by atoms with Crippen LogP contribution >= 0.6 is 22.7 Å². The molecule has 1 saturated heterocycles. The van der Waals surface area contributed by atoms with Gasteiger partial charge in [0, 0.05) is 48.9 Å². The lowest BCUT2D eigenvalue weighted by atomic mass is 10.1. The lowest BCUT2D eigenvalue weighted by Gasteiger charge is -2.34. The number of hydrazone groups is 1. The normalized spacial score (nSPS) is 20.6. The average Bonchev–Trinajstić information content (AvgIpc) is 3.56. The van der Waals surface area contributed by atoms with E-state index < -0.39 is 0 Å². The molecule has 0 radical (unpaired) electrons. The highest BCUT2D eigenvalue weighted by atomic mass is 32.1. The molecule has 1 atom stereocenters. The third-order valence-corrected chi connectivity index (χ3v) is 7.46. The third kappa shape index (κ3) is 4.27. The molecule has 6 nitrogen and oxygen atoms in total. The molecule has 1 amide bonds. The molecule has 2 aliphatic heterocycles. The van der Waals surface area contributed by atoms with E-state index in [1.54, 1.807) is 33.9 Å². The molecule has 0 aromatic carbocycles. The molecule has 5 heterocycles.